The molecule has 2 aromatic rings. The minimum absolute atomic E-state index is 0.00526. The molecule has 1 aliphatic heterocycles. The standard InChI is InChI=1S/C18H24N4O3S/c1-13-16(26-18(19)20-13)11-21-6-8-22(9-7-21)17(23)12-25-15-5-3-4-14(10-15)24-2/h3-5,10H,6-9,11-12H2,1-2H3,(H2,19,20). The molecule has 26 heavy (non-hydrogen) atoms. The summed E-state index contributed by atoms with van der Waals surface area (Å²) in [4.78, 5) is 22.0. The van der Waals surface area contributed by atoms with Gasteiger partial charge in [0.15, 0.2) is 11.7 Å². The van der Waals surface area contributed by atoms with Gasteiger partial charge in [-0.2, -0.15) is 0 Å². The largest absolute Gasteiger partial charge is 0.497 e. The number of carbonyl (C=O) groups excluding carboxylic acids is 1. The highest BCUT2D eigenvalue weighted by molar-refractivity contribution is 7.15. The maximum Gasteiger partial charge on any atom is 0.260 e. The van der Waals surface area contributed by atoms with Gasteiger partial charge in [-0.25, -0.2) is 4.98 Å². The van der Waals surface area contributed by atoms with Crippen LogP contribution in [0, 0.1) is 6.92 Å². The number of thiazole rings is 1. The molecule has 0 atom stereocenters. The van der Waals surface area contributed by atoms with Crippen molar-refractivity contribution in [3.8, 4) is 11.5 Å². The molecule has 8 heteroatoms. The number of benzene rings is 1. The van der Waals surface area contributed by atoms with E-state index in [1.807, 2.05) is 30.0 Å². The van der Waals surface area contributed by atoms with Crippen LogP contribution in [0.5, 0.6) is 11.5 Å². The van der Waals surface area contributed by atoms with Crippen LogP contribution in [0.2, 0.25) is 0 Å². The van der Waals surface area contributed by atoms with Crippen LogP contribution < -0.4 is 15.2 Å². The van der Waals surface area contributed by atoms with Crippen LogP contribution in [0.4, 0.5) is 5.13 Å². The lowest BCUT2D eigenvalue weighted by atomic mass is 10.3. The normalized spacial score (nSPS) is 15.1. The van der Waals surface area contributed by atoms with Crippen LogP contribution in [0.15, 0.2) is 24.3 Å². The first-order valence-corrected chi connectivity index (χ1v) is 9.35. The molecule has 1 aliphatic rings. The molecule has 2 heterocycles. The Morgan fingerprint density at radius 3 is 2.65 bits per heavy atom. The summed E-state index contributed by atoms with van der Waals surface area (Å²) >= 11 is 1.54. The van der Waals surface area contributed by atoms with Crippen molar-refractivity contribution in [3.05, 3.63) is 34.8 Å². The average Bonchev–Trinajstić information content (AvgIpc) is 2.97. The van der Waals surface area contributed by atoms with Crippen molar-refractivity contribution >= 4 is 22.4 Å². The third kappa shape index (κ3) is 4.64. The second-order valence-corrected chi connectivity index (χ2v) is 7.30. The molecule has 0 unspecified atom stereocenters. The Balaban J connectivity index is 1.45. The van der Waals surface area contributed by atoms with Gasteiger partial charge in [0.25, 0.3) is 5.91 Å². The summed E-state index contributed by atoms with van der Waals surface area (Å²) in [5.74, 6) is 1.35. The number of ether oxygens (including phenoxy) is 2. The van der Waals surface area contributed by atoms with Crippen LogP contribution in [0.3, 0.4) is 0 Å². The number of methoxy groups -OCH3 is 1. The lowest BCUT2D eigenvalue weighted by Gasteiger charge is -2.34. The molecule has 1 aromatic carbocycles. The van der Waals surface area contributed by atoms with E-state index >= 15 is 0 Å². The van der Waals surface area contributed by atoms with E-state index in [4.69, 9.17) is 15.2 Å². The minimum atomic E-state index is 0.00526. The first kappa shape index (κ1) is 18.5. The molecule has 7 nitrogen and oxygen atoms in total. The maximum absolute atomic E-state index is 12.4. The van der Waals surface area contributed by atoms with Gasteiger partial charge < -0.3 is 20.1 Å². The Morgan fingerprint density at radius 1 is 1.27 bits per heavy atom. The zero-order valence-corrected chi connectivity index (χ0v) is 15.9. The van der Waals surface area contributed by atoms with Gasteiger partial charge >= 0.3 is 0 Å². The van der Waals surface area contributed by atoms with Crippen molar-refractivity contribution in [2.75, 3.05) is 45.6 Å². The highest BCUT2D eigenvalue weighted by Crippen LogP contribution is 2.22. The highest BCUT2D eigenvalue weighted by atomic mass is 32.1. The molecule has 0 radical (unpaired) electrons. The van der Waals surface area contributed by atoms with Gasteiger partial charge in [0.05, 0.1) is 12.8 Å². The van der Waals surface area contributed by atoms with E-state index in [-0.39, 0.29) is 12.5 Å². The fourth-order valence-corrected chi connectivity index (χ4v) is 3.76. The first-order chi connectivity index (χ1) is 12.5. The summed E-state index contributed by atoms with van der Waals surface area (Å²) in [5, 5.41) is 0.612. The lowest BCUT2D eigenvalue weighted by Crippen LogP contribution is -2.49. The average molecular weight is 376 g/mol. The number of amides is 1. The Morgan fingerprint density at radius 2 is 2.00 bits per heavy atom. The molecule has 140 valence electrons. The predicted octanol–water partition coefficient (Wildman–Crippen LogP) is 1.77. The maximum atomic E-state index is 12.4. The Kier molecular flexibility index (Phi) is 5.95. The lowest BCUT2D eigenvalue weighted by molar-refractivity contribution is -0.135. The topological polar surface area (TPSA) is 80.9 Å². The van der Waals surface area contributed by atoms with Gasteiger partial charge in [-0.15, -0.1) is 11.3 Å². The van der Waals surface area contributed by atoms with Gasteiger partial charge in [-0.05, 0) is 19.1 Å². The van der Waals surface area contributed by atoms with Crippen LogP contribution in [-0.2, 0) is 11.3 Å². The summed E-state index contributed by atoms with van der Waals surface area (Å²) < 4.78 is 10.8. The smallest absolute Gasteiger partial charge is 0.260 e. The van der Waals surface area contributed by atoms with Crippen LogP contribution in [0.1, 0.15) is 10.6 Å². The predicted molar refractivity (Wildman–Crippen MR) is 102 cm³/mol. The summed E-state index contributed by atoms with van der Waals surface area (Å²) in [6.07, 6.45) is 0. The summed E-state index contributed by atoms with van der Waals surface area (Å²) in [5.41, 5.74) is 6.76. The molecule has 0 aliphatic carbocycles. The second kappa shape index (κ2) is 8.37. The molecule has 0 bridgehead atoms. The number of carbonyl (C=O) groups is 1. The Hall–Kier alpha value is -2.32. The summed E-state index contributed by atoms with van der Waals surface area (Å²) in [6, 6.07) is 7.27. The second-order valence-electron chi connectivity index (χ2n) is 6.19. The van der Waals surface area contributed by atoms with E-state index < -0.39 is 0 Å². The van der Waals surface area contributed by atoms with Crippen molar-refractivity contribution in [3.63, 3.8) is 0 Å². The van der Waals surface area contributed by atoms with E-state index in [0.29, 0.717) is 29.7 Å². The zero-order chi connectivity index (χ0) is 18.5. The van der Waals surface area contributed by atoms with Gasteiger partial charge in [-0.3, -0.25) is 9.69 Å². The van der Waals surface area contributed by atoms with E-state index in [1.165, 1.54) is 16.2 Å². The van der Waals surface area contributed by atoms with E-state index in [0.717, 1.165) is 25.3 Å². The number of piperazine rings is 1. The number of hydrogen-bond donors (Lipinski definition) is 1. The summed E-state index contributed by atoms with van der Waals surface area (Å²) in [6.45, 7) is 5.93. The van der Waals surface area contributed by atoms with Crippen LogP contribution in [-0.4, -0.2) is 60.6 Å². The first-order valence-electron chi connectivity index (χ1n) is 8.54. The molecule has 1 fully saturated rings. The number of hydrogen-bond acceptors (Lipinski definition) is 7. The quantitative estimate of drug-likeness (QED) is 0.828. The fourth-order valence-electron chi connectivity index (χ4n) is 2.88. The molecular formula is C18H24N4O3S. The number of nitrogen functional groups attached to an aromatic ring is 1. The van der Waals surface area contributed by atoms with Gasteiger partial charge in [0.1, 0.15) is 11.5 Å². The van der Waals surface area contributed by atoms with Crippen molar-refractivity contribution < 1.29 is 14.3 Å². The van der Waals surface area contributed by atoms with Crippen LogP contribution in [0.25, 0.3) is 0 Å². The Bertz CT molecular complexity index is 757. The third-order valence-electron chi connectivity index (χ3n) is 4.40. The fraction of sp³-hybridized carbons (Fsp3) is 0.444. The number of aromatic nitrogens is 1. The molecule has 0 saturated carbocycles. The SMILES string of the molecule is COc1cccc(OCC(=O)N2CCN(Cc3sc(N)nc3C)CC2)c1. The molecular weight excluding hydrogens is 352 g/mol. The van der Waals surface area contributed by atoms with Gasteiger partial charge in [0, 0.05) is 43.7 Å². The number of anilines is 1. The monoisotopic (exact) mass is 376 g/mol. The van der Waals surface area contributed by atoms with E-state index in [1.54, 1.807) is 13.2 Å². The highest BCUT2D eigenvalue weighted by Gasteiger charge is 2.22. The molecule has 1 amide bonds. The number of nitrogens with zero attached hydrogens (tertiary/aromatic N) is 3. The molecule has 1 saturated heterocycles. The Labute approximate surface area is 157 Å². The number of nitrogens with two attached hydrogens (primary N) is 1. The van der Waals surface area contributed by atoms with Gasteiger partial charge in [0.2, 0.25) is 0 Å². The van der Waals surface area contributed by atoms with E-state index in [9.17, 15) is 4.79 Å². The van der Waals surface area contributed by atoms with Crippen molar-refractivity contribution in [1.29, 1.82) is 0 Å². The van der Waals surface area contributed by atoms with Crippen molar-refractivity contribution in [1.82, 2.24) is 14.8 Å². The van der Waals surface area contributed by atoms with Crippen LogP contribution >= 0.6 is 11.3 Å². The minimum Gasteiger partial charge on any atom is -0.497 e. The van der Waals surface area contributed by atoms with Crippen molar-refractivity contribution in [2.45, 2.75) is 13.5 Å². The van der Waals surface area contributed by atoms with Gasteiger partial charge in [-0.1, -0.05) is 6.07 Å². The van der Waals surface area contributed by atoms with Crippen molar-refractivity contribution in [2.24, 2.45) is 0 Å². The molecule has 2 N–H and O–H groups in total. The zero-order valence-electron chi connectivity index (χ0n) is 15.1. The molecule has 0 spiro atoms. The molecule has 1 aromatic heterocycles. The third-order valence-corrected chi connectivity index (χ3v) is 5.38. The molecule has 3 rings (SSSR count). The number of rotatable bonds is 6. The summed E-state index contributed by atoms with van der Waals surface area (Å²) in [7, 11) is 1.60. The van der Waals surface area contributed by atoms with E-state index in [2.05, 4.69) is 9.88 Å². The number of aryl methyl sites for hydroxylation is 1.